The molecule has 72 valence electrons. The topological polar surface area (TPSA) is 50.4 Å². The minimum atomic E-state index is -0.354. The molecule has 0 aromatic heterocycles. The van der Waals surface area contributed by atoms with E-state index in [1.54, 1.807) is 6.92 Å². The summed E-state index contributed by atoms with van der Waals surface area (Å²) >= 11 is 0. The summed E-state index contributed by atoms with van der Waals surface area (Å²) in [6.07, 6.45) is -0.354. The van der Waals surface area contributed by atoms with Gasteiger partial charge in [0.25, 0.3) is 5.91 Å². The quantitative estimate of drug-likeness (QED) is 0.545. The highest BCUT2D eigenvalue weighted by Gasteiger charge is 2.20. The summed E-state index contributed by atoms with van der Waals surface area (Å²) in [7, 11) is 0. The van der Waals surface area contributed by atoms with Gasteiger partial charge >= 0.3 is 0 Å². The average Bonchev–Trinajstić information content (AvgIpc) is 2.19. The van der Waals surface area contributed by atoms with Crippen LogP contribution in [0, 0.1) is 11.8 Å². The first kappa shape index (κ1) is 10.0. The maximum atomic E-state index is 11.3. The van der Waals surface area contributed by atoms with E-state index in [0.717, 1.165) is 6.54 Å². The van der Waals surface area contributed by atoms with Crippen molar-refractivity contribution in [3.63, 3.8) is 0 Å². The third-order valence-electron chi connectivity index (χ3n) is 1.75. The van der Waals surface area contributed by atoms with Gasteiger partial charge in [-0.1, -0.05) is 5.92 Å². The van der Waals surface area contributed by atoms with E-state index < -0.39 is 0 Å². The number of ether oxygens (including phenoxy) is 1. The van der Waals surface area contributed by atoms with E-state index in [9.17, 15) is 4.79 Å². The predicted molar refractivity (Wildman–Crippen MR) is 49.1 cm³/mol. The molecule has 0 spiro atoms. The Hall–Kier alpha value is -1.05. The van der Waals surface area contributed by atoms with Crippen LogP contribution in [0.4, 0.5) is 0 Å². The maximum Gasteiger partial charge on any atom is 0.251 e. The van der Waals surface area contributed by atoms with E-state index in [1.165, 1.54) is 0 Å². The van der Waals surface area contributed by atoms with Gasteiger partial charge in [0.2, 0.25) is 0 Å². The zero-order chi connectivity index (χ0) is 9.52. The van der Waals surface area contributed by atoms with Crippen LogP contribution in [0.2, 0.25) is 0 Å². The molecule has 1 aliphatic heterocycles. The van der Waals surface area contributed by atoms with Crippen molar-refractivity contribution in [3.8, 4) is 11.8 Å². The van der Waals surface area contributed by atoms with Gasteiger partial charge in [0, 0.05) is 13.1 Å². The Bertz CT molecular complexity index is 224. The Morgan fingerprint density at radius 1 is 1.77 bits per heavy atom. The van der Waals surface area contributed by atoms with E-state index in [0.29, 0.717) is 19.7 Å². The third kappa shape index (κ3) is 3.45. The van der Waals surface area contributed by atoms with Gasteiger partial charge in [0.05, 0.1) is 13.2 Å². The van der Waals surface area contributed by atoms with Crippen molar-refractivity contribution in [1.29, 1.82) is 0 Å². The van der Waals surface area contributed by atoms with Crippen LogP contribution >= 0.6 is 0 Å². The SMILES string of the molecule is CC#CCNC(=O)C1CNCCO1. The highest BCUT2D eigenvalue weighted by Crippen LogP contribution is 1.94. The Morgan fingerprint density at radius 3 is 3.23 bits per heavy atom. The van der Waals surface area contributed by atoms with Crippen molar-refractivity contribution in [2.24, 2.45) is 0 Å². The molecule has 0 radical (unpaired) electrons. The van der Waals surface area contributed by atoms with Gasteiger partial charge in [-0.25, -0.2) is 0 Å². The zero-order valence-electron chi connectivity index (χ0n) is 7.72. The van der Waals surface area contributed by atoms with Crippen molar-refractivity contribution < 1.29 is 9.53 Å². The van der Waals surface area contributed by atoms with E-state index in [4.69, 9.17) is 4.74 Å². The van der Waals surface area contributed by atoms with Gasteiger partial charge in [-0.2, -0.15) is 0 Å². The molecule has 1 fully saturated rings. The lowest BCUT2D eigenvalue weighted by atomic mass is 10.3. The lowest BCUT2D eigenvalue weighted by Crippen LogP contribution is -2.47. The van der Waals surface area contributed by atoms with Crippen molar-refractivity contribution in [2.45, 2.75) is 13.0 Å². The third-order valence-corrected chi connectivity index (χ3v) is 1.75. The fourth-order valence-corrected chi connectivity index (χ4v) is 1.07. The van der Waals surface area contributed by atoms with Crippen molar-refractivity contribution in [2.75, 3.05) is 26.2 Å². The smallest absolute Gasteiger partial charge is 0.251 e. The number of hydrogen-bond donors (Lipinski definition) is 2. The summed E-state index contributed by atoms with van der Waals surface area (Å²) < 4.78 is 5.25. The van der Waals surface area contributed by atoms with E-state index in [1.807, 2.05) is 0 Å². The van der Waals surface area contributed by atoms with Crippen LogP contribution in [0.15, 0.2) is 0 Å². The average molecular weight is 182 g/mol. The van der Waals surface area contributed by atoms with Gasteiger partial charge < -0.3 is 15.4 Å². The molecule has 2 N–H and O–H groups in total. The molecule has 0 aromatic carbocycles. The molecule has 0 aromatic rings. The Balaban J connectivity index is 2.23. The second-order valence-electron chi connectivity index (χ2n) is 2.71. The number of morpholine rings is 1. The van der Waals surface area contributed by atoms with Crippen LogP contribution in [0.3, 0.4) is 0 Å². The molecule has 4 heteroatoms. The summed E-state index contributed by atoms with van der Waals surface area (Å²) in [5, 5.41) is 5.76. The molecule has 0 bridgehead atoms. The minimum Gasteiger partial charge on any atom is -0.366 e. The normalized spacial score (nSPS) is 21.5. The van der Waals surface area contributed by atoms with Gasteiger partial charge in [-0.05, 0) is 6.92 Å². The van der Waals surface area contributed by atoms with Crippen LogP contribution < -0.4 is 10.6 Å². The first-order chi connectivity index (χ1) is 6.34. The van der Waals surface area contributed by atoms with E-state index in [2.05, 4.69) is 22.5 Å². The molecule has 1 amide bonds. The molecule has 13 heavy (non-hydrogen) atoms. The predicted octanol–water partition coefficient (Wildman–Crippen LogP) is -0.886. The molecule has 1 heterocycles. The summed E-state index contributed by atoms with van der Waals surface area (Å²) in [5.41, 5.74) is 0. The fourth-order valence-electron chi connectivity index (χ4n) is 1.07. The number of carbonyl (C=O) groups is 1. The van der Waals surface area contributed by atoms with Crippen molar-refractivity contribution in [1.82, 2.24) is 10.6 Å². The van der Waals surface area contributed by atoms with Crippen LogP contribution in [-0.4, -0.2) is 38.3 Å². The molecule has 1 saturated heterocycles. The van der Waals surface area contributed by atoms with Crippen LogP contribution in [0.1, 0.15) is 6.92 Å². The van der Waals surface area contributed by atoms with Gasteiger partial charge in [0.1, 0.15) is 6.10 Å². The Labute approximate surface area is 78.0 Å². The van der Waals surface area contributed by atoms with Crippen molar-refractivity contribution in [3.05, 3.63) is 0 Å². The molecular weight excluding hydrogens is 168 g/mol. The standard InChI is InChI=1S/C9H14N2O2/c1-2-3-4-11-9(12)8-7-10-5-6-13-8/h8,10H,4-7H2,1H3,(H,11,12). The molecule has 0 aliphatic carbocycles. The van der Waals surface area contributed by atoms with Gasteiger partial charge in [0.15, 0.2) is 0 Å². The van der Waals surface area contributed by atoms with Gasteiger partial charge in [-0.3, -0.25) is 4.79 Å². The highest BCUT2D eigenvalue weighted by molar-refractivity contribution is 5.81. The molecule has 1 atom stereocenters. The fraction of sp³-hybridized carbons (Fsp3) is 0.667. The number of hydrogen-bond acceptors (Lipinski definition) is 3. The molecule has 4 nitrogen and oxygen atoms in total. The molecule has 1 unspecified atom stereocenters. The first-order valence-corrected chi connectivity index (χ1v) is 4.34. The second kappa shape index (κ2) is 5.57. The maximum absolute atomic E-state index is 11.3. The first-order valence-electron chi connectivity index (χ1n) is 4.34. The number of nitrogens with one attached hydrogen (secondary N) is 2. The van der Waals surface area contributed by atoms with E-state index >= 15 is 0 Å². The second-order valence-corrected chi connectivity index (χ2v) is 2.71. The Morgan fingerprint density at radius 2 is 2.62 bits per heavy atom. The minimum absolute atomic E-state index is 0.0880. The molecular formula is C9H14N2O2. The molecule has 1 aliphatic rings. The van der Waals surface area contributed by atoms with Crippen LogP contribution in [0.25, 0.3) is 0 Å². The summed E-state index contributed by atoms with van der Waals surface area (Å²) in [5.74, 6) is 5.38. The summed E-state index contributed by atoms with van der Waals surface area (Å²) in [6, 6.07) is 0. The summed E-state index contributed by atoms with van der Waals surface area (Å²) in [4.78, 5) is 11.3. The van der Waals surface area contributed by atoms with Gasteiger partial charge in [-0.15, -0.1) is 5.92 Å². The number of carbonyl (C=O) groups excluding carboxylic acids is 1. The largest absolute Gasteiger partial charge is 0.366 e. The number of rotatable bonds is 2. The monoisotopic (exact) mass is 182 g/mol. The highest BCUT2D eigenvalue weighted by atomic mass is 16.5. The zero-order valence-corrected chi connectivity index (χ0v) is 7.72. The van der Waals surface area contributed by atoms with Crippen LogP contribution in [-0.2, 0) is 9.53 Å². The van der Waals surface area contributed by atoms with Crippen molar-refractivity contribution >= 4 is 5.91 Å². The molecule has 1 rings (SSSR count). The Kier molecular flexibility index (Phi) is 4.30. The molecule has 0 saturated carbocycles. The summed E-state index contributed by atoms with van der Waals surface area (Å²) in [6.45, 7) is 4.14. The lowest BCUT2D eigenvalue weighted by Gasteiger charge is -2.22. The van der Waals surface area contributed by atoms with E-state index in [-0.39, 0.29) is 12.0 Å². The lowest BCUT2D eigenvalue weighted by molar-refractivity contribution is -0.133. The van der Waals surface area contributed by atoms with Crippen LogP contribution in [0.5, 0.6) is 0 Å². The number of amides is 1.